The summed E-state index contributed by atoms with van der Waals surface area (Å²) in [5.74, 6) is 0.124. The van der Waals surface area contributed by atoms with Gasteiger partial charge in [0, 0.05) is 24.1 Å². The Hall–Kier alpha value is -3.15. The van der Waals surface area contributed by atoms with Crippen LogP contribution in [-0.2, 0) is 11.3 Å². The first-order valence-electron chi connectivity index (χ1n) is 8.98. The second-order valence-electron chi connectivity index (χ2n) is 7.26. The van der Waals surface area contributed by atoms with Crippen LogP contribution in [0.2, 0.25) is 0 Å². The van der Waals surface area contributed by atoms with Gasteiger partial charge in [-0.2, -0.15) is 5.10 Å². The zero-order valence-corrected chi connectivity index (χ0v) is 15.7. The molecule has 0 aliphatic carbocycles. The fourth-order valence-electron chi connectivity index (χ4n) is 3.84. The van der Waals surface area contributed by atoms with E-state index in [0.717, 1.165) is 27.8 Å². The number of anilines is 1. The predicted molar refractivity (Wildman–Crippen MR) is 103 cm³/mol. The summed E-state index contributed by atoms with van der Waals surface area (Å²) >= 11 is 0. The summed E-state index contributed by atoms with van der Waals surface area (Å²) in [6.45, 7) is 6.69. The molecule has 0 bridgehead atoms. The minimum atomic E-state index is -0.0388. The molecule has 2 aromatic carbocycles. The van der Waals surface area contributed by atoms with Gasteiger partial charge in [-0.05, 0) is 60.2 Å². The van der Waals surface area contributed by atoms with Crippen molar-refractivity contribution in [3.05, 3.63) is 70.3 Å². The maximum absolute atomic E-state index is 12.3. The molecule has 0 spiro atoms. The van der Waals surface area contributed by atoms with Crippen molar-refractivity contribution in [1.29, 1.82) is 0 Å². The lowest BCUT2D eigenvalue weighted by Gasteiger charge is -2.28. The summed E-state index contributed by atoms with van der Waals surface area (Å²) in [7, 11) is 0. The van der Waals surface area contributed by atoms with Gasteiger partial charge in [-0.15, -0.1) is 0 Å². The average molecular weight is 362 g/mol. The van der Waals surface area contributed by atoms with Crippen molar-refractivity contribution in [2.24, 2.45) is 0 Å². The van der Waals surface area contributed by atoms with Gasteiger partial charge in [0.25, 0.3) is 0 Å². The number of nitrogens with one attached hydrogen (secondary N) is 1. The Kier molecular flexibility index (Phi) is 4.18. The average Bonchev–Trinajstić information content (AvgIpc) is 3.11. The van der Waals surface area contributed by atoms with Crippen molar-refractivity contribution in [2.75, 3.05) is 5.32 Å². The molecule has 1 amide bonds. The number of phenols is 1. The van der Waals surface area contributed by atoms with Crippen LogP contribution >= 0.6 is 0 Å². The lowest BCUT2D eigenvalue weighted by molar-refractivity contribution is -0.116. The van der Waals surface area contributed by atoms with E-state index in [1.807, 2.05) is 13.0 Å². The van der Waals surface area contributed by atoms with Gasteiger partial charge in [-0.1, -0.05) is 12.1 Å². The molecule has 27 heavy (non-hydrogen) atoms. The van der Waals surface area contributed by atoms with Crippen LogP contribution in [0.5, 0.6) is 5.75 Å². The first kappa shape index (κ1) is 17.3. The first-order valence-corrected chi connectivity index (χ1v) is 8.98. The Morgan fingerprint density at radius 2 is 1.93 bits per heavy atom. The normalized spacial score (nSPS) is 16.1. The Morgan fingerprint density at radius 1 is 1.11 bits per heavy atom. The van der Waals surface area contributed by atoms with E-state index in [9.17, 15) is 9.90 Å². The fraction of sp³-hybridized carbons (Fsp3) is 0.286. The molecule has 2 N–H and O–H groups in total. The molecule has 2 heterocycles. The summed E-state index contributed by atoms with van der Waals surface area (Å²) in [5.41, 5.74) is 7.18. The molecule has 1 aliphatic heterocycles. The number of aromatic hydroxyl groups is 1. The SMILES string of the molecule is Cc1cc2c(cc1O)NC(=O)C[C@H]2c1cc(Cn2cncn2)c(C)cc1C. The van der Waals surface area contributed by atoms with Crippen LogP contribution in [0.1, 0.15) is 45.7 Å². The molecule has 1 aliphatic rings. The highest BCUT2D eigenvalue weighted by molar-refractivity contribution is 5.95. The smallest absolute Gasteiger partial charge is 0.225 e. The molecule has 138 valence electrons. The molecule has 1 aromatic heterocycles. The van der Waals surface area contributed by atoms with Crippen molar-refractivity contribution < 1.29 is 9.90 Å². The number of aryl methyl sites for hydroxylation is 3. The quantitative estimate of drug-likeness (QED) is 0.748. The highest BCUT2D eigenvalue weighted by Crippen LogP contribution is 2.41. The summed E-state index contributed by atoms with van der Waals surface area (Å²) < 4.78 is 1.80. The highest BCUT2D eigenvalue weighted by Gasteiger charge is 2.29. The minimum Gasteiger partial charge on any atom is -0.508 e. The number of rotatable bonds is 3. The molecular formula is C21H22N4O2. The van der Waals surface area contributed by atoms with Crippen LogP contribution < -0.4 is 5.32 Å². The largest absolute Gasteiger partial charge is 0.508 e. The highest BCUT2D eigenvalue weighted by atomic mass is 16.3. The molecule has 0 saturated carbocycles. The van der Waals surface area contributed by atoms with E-state index in [1.165, 1.54) is 11.9 Å². The van der Waals surface area contributed by atoms with Crippen molar-refractivity contribution >= 4 is 11.6 Å². The molecule has 6 nitrogen and oxygen atoms in total. The van der Waals surface area contributed by atoms with Crippen molar-refractivity contribution in [1.82, 2.24) is 14.8 Å². The lowest BCUT2D eigenvalue weighted by atomic mass is 9.81. The monoisotopic (exact) mass is 362 g/mol. The standard InChI is InChI=1S/C21H22N4O2/c1-12-4-13(2)16(6-15(12)9-25-11-22-10-23-25)17-7-21(27)24-19-8-20(26)14(3)5-18(17)19/h4-6,8,10-11,17,26H,7,9H2,1-3H3,(H,24,27)/t17-/m0/s1. The molecule has 0 radical (unpaired) electrons. The predicted octanol–water partition coefficient (Wildman–Crippen LogP) is 3.43. The number of hydrogen-bond acceptors (Lipinski definition) is 4. The van der Waals surface area contributed by atoms with E-state index in [4.69, 9.17) is 0 Å². The molecule has 1 atom stereocenters. The van der Waals surface area contributed by atoms with Crippen molar-refractivity contribution in [3.8, 4) is 5.75 Å². The van der Waals surface area contributed by atoms with Crippen LogP contribution in [0.15, 0.2) is 36.9 Å². The summed E-state index contributed by atoms with van der Waals surface area (Å²) in [6.07, 6.45) is 3.62. The van der Waals surface area contributed by atoms with Crippen LogP contribution in [0.25, 0.3) is 0 Å². The topological polar surface area (TPSA) is 80.0 Å². The van der Waals surface area contributed by atoms with E-state index >= 15 is 0 Å². The van der Waals surface area contributed by atoms with Gasteiger partial charge < -0.3 is 10.4 Å². The van der Waals surface area contributed by atoms with Gasteiger partial charge in [0.1, 0.15) is 18.4 Å². The zero-order valence-electron chi connectivity index (χ0n) is 15.7. The lowest BCUT2D eigenvalue weighted by Crippen LogP contribution is -2.24. The molecule has 6 heteroatoms. The second kappa shape index (κ2) is 6.54. The third kappa shape index (κ3) is 3.18. The molecule has 0 fully saturated rings. The summed E-state index contributed by atoms with van der Waals surface area (Å²) in [4.78, 5) is 16.3. The minimum absolute atomic E-state index is 0.0337. The van der Waals surface area contributed by atoms with Gasteiger partial charge in [-0.25, -0.2) is 9.67 Å². The van der Waals surface area contributed by atoms with Gasteiger partial charge in [-0.3, -0.25) is 4.79 Å². The number of phenolic OH excluding ortho intramolecular Hbond substituents is 1. The summed E-state index contributed by atoms with van der Waals surface area (Å²) in [5, 5.41) is 17.1. The summed E-state index contributed by atoms with van der Waals surface area (Å²) in [6, 6.07) is 7.97. The molecule has 0 saturated heterocycles. The van der Waals surface area contributed by atoms with Gasteiger partial charge in [0.2, 0.25) is 5.91 Å². The first-order chi connectivity index (χ1) is 12.9. The molecule has 3 aromatic rings. The number of nitrogens with zero attached hydrogens (tertiary/aromatic N) is 3. The van der Waals surface area contributed by atoms with Gasteiger partial charge in [0.05, 0.1) is 6.54 Å². The van der Waals surface area contributed by atoms with Crippen LogP contribution in [0.3, 0.4) is 0 Å². The number of benzene rings is 2. The molecule has 4 rings (SSSR count). The zero-order chi connectivity index (χ0) is 19.1. The third-order valence-electron chi connectivity index (χ3n) is 5.31. The van der Waals surface area contributed by atoms with Crippen molar-refractivity contribution in [2.45, 2.75) is 39.7 Å². The number of aromatic nitrogens is 3. The number of fused-ring (bicyclic) bond motifs is 1. The Morgan fingerprint density at radius 3 is 2.67 bits per heavy atom. The number of carbonyl (C=O) groups is 1. The molecule has 0 unspecified atom stereocenters. The van der Waals surface area contributed by atoms with E-state index < -0.39 is 0 Å². The Labute approximate surface area is 157 Å². The van der Waals surface area contributed by atoms with Gasteiger partial charge >= 0.3 is 0 Å². The third-order valence-corrected chi connectivity index (χ3v) is 5.31. The Balaban J connectivity index is 1.81. The van der Waals surface area contributed by atoms with Gasteiger partial charge in [0.15, 0.2) is 0 Å². The van der Waals surface area contributed by atoms with E-state index in [1.54, 1.807) is 17.1 Å². The molecular weight excluding hydrogens is 340 g/mol. The maximum atomic E-state index is 12.3. The fourth-order valence-corrected chi connectivity index (χ4v) is 3.84. The van der Waals surface area contributed by atoms with E-state index in [2.05, 4.69) is 41.4 Å². The van der Waals surface area contributed by atoms with Crippen LogP contribution in [0.4, 0.5) is 5.69 Å². The maximum Gasteiger partial charge on any atom is 0.225 e. The van der Waals surface area contributed by atoms with E-state index in [-0.39, 0.29) is 17.6 Å². The second-order valence-corrected chi connectivity index (χ2v) is 7.26. The van der Waals surface area contributed by atoms with Crippen LogP contribution in [0, 0.1) is 20.8 Å². The van der Waals surface area contributed by atoms with Crippen LogP contribution in [-0.4, -0.2) is 25.8 Å². The Bertz CT molecular complexity index is 1030. The van der Waals surface area contributed by atoms with Crippen molar-refractivity contribution in [3.63, 3.8) is 0 Å². The number of hydrogen-bond donors (Lipinski definition) is 2. The number of amides is 1. The van der Waals surface area contributed by atoms with E-state index in [0.29, 0.717) is 18.7 Å². The number of carbonyl (C=O) groups excluding carboxylic acids is 1.